The van der Waals surface area contributed by atoms with E-state index in [4.69, 9.17) is 11.6 Å². The molecule has 31 heavy (non-hydrogen) atoms. The molecule has 2 amide bonds. The molecule has 4 rings (SSSR count). The van der Waals surface area contributed by atoms with Crippen molar-refractivity contribution in [2.45, 2.75) is 83.5 Å². The smallest absolute Gasteiger partial charge is 0.273 e. The number of carbonyl (C=O) groups excluding carboxylic acids is 2. The van der Waals surface area contributed by atoms with Crippen LogP contribution in [0.5, 0.6) is 0 Å². The van der Waals surface area contributed by atoms with Gasteiger partial charge in [0.15, 0.2) is 0 Å². The first-order valence-electron chi connectivity index (χ1n) is 11.2. The van der Waals surface area contributed by atoms with Gasteiger partial charge in [-0.25, -0.2) is 0 Å². The zero-order valence-electron chi connectivity index (χ0n) is 18.5. The number of halogens is 1. The summed E-state index contributed by atoms with van der Waals surface area (Å²) in [5, 5.41) is 8.53. The molecule has 1 aromatic carbocycles. The van der Waals surface area contributed by atoms with Gasteiger partial charge in [-0.2, -0.15) is 5.10 Å². The molecule has 1 aliphatic heterocycles. The molecule has 166 valence electrons. The molecule has 1 atom stereocenters. The summed E-state index contributed by atoms with van der Waals surface area (Å²) in [6, 6.07) is 9.47. The minimum absolute atomic E-state index is 0.103. The molecule has 6 nitrogen and oxygen atoms in total. The van der Waals surface area contributed by atoms with Crippen LogP contribution in [-0.4, -0.2) is 38.1 Å². The van der Waals surface area contributed by atoms with E-state index in [0.717, 1.165) is 36.9 Å². The van der Waals surface area contributed by atoms with Crippen LogP contribution in [-0.2, 0) is 17.9 Å². The topological polar surface area (TPSA) is 67.2 Å². The van der Waals surface area contributed by atoms with Gasteiger partial charge in [-0.15, -0.1) is 0 Å². The summed E-state index contributed by atoms with van der Waals surface area (Å²) >= 11 is 6.04. The van der Waals surface area contributed by atoms with E-state index in [9.17, 15) is 9.59 Å². The van der Waals surface area contributed by atoms with Crippen LogP contribution in [0.3, 0.4) is 0 Å². The van der Waals surface area contributed by atoms with Crippen molar-refractivity contribution in [2.24, 2.45) is 0 Å². The Balaban J connectivity index is 1.68. The van der Waals surface area contributed by atoms with Gasteiger partial charge in [-0.3, -0.25) is 14.3 Å². The lowest BCUT2D eigenvalue weighted by Gasteiger charge is -2.44. The van der Waals surface area contributed by atoms with Crippen LogP contribution >= 0.6 is 11.6 Å². The third-order valence-corrected chi connectivity index (χ3v) is 6.84. The fourth-order valence-electron chi connectivity index (χ4n) is 4.55. The molecule has 1 fully saturated rings. The molecule has 7 heteroatoms. The molecule has 2 heterocycles. The number of nitrogens with zero attached hydrogens (tertiary/aromatic N) is 3. The average molecular weight is 443 g/mol. The van der Waals surface area contributed by atoms with Crippen LogP contribution < -0.4 is 5.32 Å². The van der Waals surface area contributed by atoms with Crippen molar-refractivity contribution in [1.29, 1.82) is 0 Å². The Bertz CT molecular complexity index is 962. The van der Waals surface area contributed by atoms with Gasteiger partial charge in [0.05, 0.1) is 12.2 Å². The third kappa shape index (κ3) is 4.36. The van der Waals surface area contributed by atoms with Crippen LogP contribution in [0.15, 0.2) is 30.3 Å². The Labute approximate surface area is 188 Å². The maximum atomic E-state index is 13.6. The molecular formula is C24H31ClN4O2. The Morgan fingerprint density at radius 3 is 2.55 bits per heavy atom. The highest BCUT2D eigenvalue weighted by atomic mass is 35.5. The lowest BCUT2D eigenvalue weighted by Crippen LogP contribution is -2.64. The molecule has 1 saturated carbocycles. The first kappa shape index (κ1) is 21.9. The number of fused-ring (bicyclic) bond motifs is 1. The summed E-state index contributed by atoms with van der Waals surface area (Å²) in [5.41, 5.74) is 1.32. The predicted octanol–water partition coefficient (Wildman–Crippen LogP) is 4.52. The van der Waals surface area contributed by atoms with Gasteiger partial charge in [0.2, 0.25) is 5.91 Å². The van der Waals surface area contributed by atoms with Gasteiger partial charge >= 0.3 is 0 Å². The zero-order valence-corrected chi connectivity index (χ0v) is 19.3. The number of nitrogens with one attached hydrogen (secondary N) is 1. The van der Waals surface area contributed by atoms with Crippen LogP contribution in [0.25, 0.3) is 0 Å². The second-order valence-electron chi connectivity index (χ2n) is 9.37. The second kappa shape index (κ2) is 8.65. The van der Waals surface area contributed by atoms with Gasteiger partial charge in [0.1, 0.15) is 11.2 Å². The highest BCUT2D eigenvalue weighted by Crippen LogP contribution is 2.31. The van der Waals surface area contributed by atoms with Crippen molar-refractivity contribution in [3.8, 4) is 0 Å². The molecule has 0 radical (unpaired) electrons. The van der Waals surface area contributed by atoms with Crippen LogP contribution in [0, 0.1) is 0 Å². The quantitative estimate of drug-likeness (QED) is 0.740. The van der Waals surface area contributed by atoms with Crippen molar-refractivity contribution in [2.75, 3.05) is 0 Å². The maximum Gasteiger partial charge on any atom is 0.273 e. The number of benzene rings is 1. The fourth-order valence-corrected chi connectivity index (χ4v) is 4.68. The Morgan fingerprint density at radius 1 is 1.23 bits per heavy atom. The van der Waals surface area contributed by atoms with E-state index in [1.165, 1.54) is 6.42 Å². The normalized spacial score (nSPS) is 22.0. The molecule has 0 saturated heterocycles. The molecule has 0 bridgehead atoms. The number of carbonyl (C=O) groups is 2. The molecule has 2 aromatic rings. The summed E-state index contributed by atoms with van der Waals surface area (Å²) in [6.07, 6.45) is 5.49. The van der Waals surface area contributed by atoms with E-state index in [1.807, 2.05) is 37.3 Å². The SMILES string of the molecule is CC(C)c1cc2n(n1)C[C@@](C)(C(=O)NC1CCCCC1)N(Cc1ccc(Cl)cc1)C2=O. The summed E-state index contributed by atoms with van der Waals surface area (Å²) < 4.78 is 1.72. The van der Waals surface area contributed by atoms with E-state index in [2.05, 4.69) is 24.3 Å². The predicted molar refractivity (Wildman–Crippen MR) is 121 cm³/mol. The van der Waals surface area contributed by atoms with Gasteiger partial charge in [0.25, 0.3) is 5.91 Å². The highest BCUT2D eigenvalue weighted by molar-refractivity contribution is 6.30. The van der Waals surface area contributed by atoms with Crippen LogP contribution in [0.4, 0.5) is 0 Å². The van der Waals surface area contributed by atoms with Crippen molar-refractivity contribution >= 4 is 23.4 Å². The van der Waals surface area contributed by atoms with E-state index in [0.29, 0.717) is 23.8 Å². The molecule has 1 aromatic heterocycles. The largest absolute Gasteiger partial charge is 0.351 e. The van der Waals surface area contributed by atoms with E-state index in [1.54, 1.807) is 9.58 Å². The van der Waals surface area contributed by atoms with Crippen molar-refractivity contribution < 1.29 is 9.59 Å². The van der Waals surface area contributed by atoms with Gasteiger partial charge in [0, 0.05) is 17.6 Å². The average Bonchev–Trinajstić information content (AvgIpc) is 3.17. The number of aromatic nitrogens is 2. The minimum Gasteiger partial charge on any atom is -0.351 e. The molecule has 1 aliphatic carbocycles. The monoisotopic (exact) mass is 442 g/mol. The zero-order chi connectivity index (χ0) is 22.2. The van der Waals surface area contributed by atoms with Crippen molar-refractivity contribution in [3.63, 3.8) is 0 Å². The standard InChI is InChI=1S/C24H31ClN4O2/c1-16(2)20-13-21-22(30)28(14-17-9-11-18(25)12-10-17)24(3,15-29(21)27-20)23(31)26-19-7-5-4-6-8-19/h9-13,16,19H,4-8,14-15H2,1-3H3,(H,26,31)/t24-/m0/s1. The van der Waals surface area contributed by atoms with Crippen molar-refractivity contribution in [3.05, 3.63) is 52.3 Å². The summed E-state index contributed by atoms with van der Waals surface area (Å²) in [4.78, 5) is 28.9. The highest BCUT2D eigenvalue weighted by Gasteiger charge is 2.48. The molecule has 1 N–H and O–H groups in total. The van der Waals surface area contributed by atoms with Crippen LogP contribution in [0.2, 0.25) is 5.02 Å². The summed E-state index contributed by atoms with van der Waals surface area (Å²) in [7, 11) is 0. The van der Waals surface area contributed by atoms with E-state index >= 15 is 0 Å². The molecular weight excluding hydrogens is 412 g/mol. The van der Waals surface area contributed by atoms with Crippen molar-refractivity contribution in [1.82, 2.24) is 20.0 Å². The molecule has 0 spiro atoms. The first-order chi connectivity index (χ1) is 14.8. The van der Waals surface area contributed by atoms with Gasteiger partial charge in [-0.1, -0.05) is 56.8 Å². The Hall–Kier alpha value is -2.34. The Morgan fingerprint density at radius 2 is 1.90 bits per heavy atom. The Kier molecular flexibility index (Phi) is 6.11. The lowest BCUT2D eigenvalue weighted by molar-refractivity contribution is -0.134. The summed E-state index contributed by atoms with van der Waals surface area (Å²) in [6.45, 7) is 6.65. The first-order valence-corrected chi connectivity index (χ1v) is 11.6. The van der Waals surface area contributed by atoms with E-state index < -0.39 is 5.54 Å². The minimum atomic E-state index is -1.03. The van der Waals surface area contributed by atoms with Crippen LogP contribution in [0.1, 0.15) is 80.5 Å². The summed E-state index contributed by atoms with van der Waals surface area (Å²) in [5.74, 6) is -0.0613. The number of hydrogen-bond acceptors (Lipinski definition) is 3. The fraction of sp³-hybridized carbons (Fsp3) is 0.542. The molecule has 0 unspecified atom stereocenters. The number of rotatable bonds is 5. The van der Waals surface area contributed by atoms with E-state index in [-0.39, 0.29) is 23.8 Å². The van der Waals surface area contributed by atoms with Gasteiger partial charge in [-0.05, 0) is 49.4 Å². The number of amides is 2. The lowest BCUT2D eigenvalue weighted by atomic mass is 9.91. The molecule has 2 aliphatic rings. The number of hydrogen-bond donors (Lipinski definition) is 1. The third-order valence-electron chi connectivity index (χ3n) is 6.59. The van der Waals surface area contributed by atoms with Gasteiger partial charge < -0.3 is 10.2 Å². The second-order valence-corrected chi connectivity index (χ2v) is 9.80. The maximum absolute atomic E-state index is 13.6.